The maximum atomic E-state index is 12.7. The zero-order valence-electron chi connectivity index (χ0n) is 16.4. The number of amides is 1. The number of halogens is 2. The summed E-state index contributed by atoms with van der Waals surface area (Å²) >= 11 is 12.0. The Hall–Kier alpha value is -3.04. The van der Waals surface area contributed by atoms with Crippen molar-refractivity contribution in [1.82, 2.24) is 19.6 Å². The Labute approximate surface area is 182 Å². The molecule has 0 saturated carbocycles. The van der Waals surface area contributed by atoms with Gasteiger partial charge in [0.15, 0.2) is 6.73 Å². The normalized spacial score (nSPS) is 11.9. The smallest absolute Gasteiger partial charge is 0.354 e. The van der Waals surface area contributed by atoms with Gasteiger partial charge in [0.1, 0.15) is 17.5 Å². The molecule has 0 aliphatic carbocycles. The molecule has 1 atom stereocenters. The van der Waals surface area contributed by atoms with Crippen molar-refractivity contribution < 1.29 is 19.4 Å². The van der Waals surface area contributed by atoms with E-state index in [4.69, 9.17) is 27.9 Å². The van der Waals surface area contributed by atoms with E-state index >= 15 is 0 Å². The SMILES string of the molecule is Cc1nn(COc2ccc(Cl)cc2Cl)c(C)c1NC(=O)C(C)n1nccc1C(=O)O. The van der Waals surface area contributed by atoms with Crippen molar-refractivity contribution in [2.45, 2.75) is 33.5 Å². The molecular formula is C19H19Cl2N5O4. The molecule has 1 aromatic carbocycles. The maximum Gasteiger partial charge on any atom is 0.354 e. The van der Waals surface area contributed by atoms with Crippen molar-refractivity contribution in [2.24, 2.45) is 0 Å². The minimum Gasteiger partial charge on any atom is -0.477 e. The van der Waals surface area contributed by atoms with Crippen molar-refractivity contribution >= 4 is 40.8 Å². The van der Waals surface area contributed by atoms with Crippen molar-refractivity contribution in [3.05, 3.63) is 57.6 Å². The third-order valence-electron chi connectivity index (χ3n) is 4.50. The van der Waals surface area contributed by atoms with Crippen LogP contribution in [0.2, 0.25) is 10.0 Å². The monoisotopic (exact) mass is 451 g/mol. The van der Waals surface area contributed by atoms with Gasteiger partial charge < -0.3 is 15.2 Å². The topological polar surface area (TPSA) is 111 Å². The molecule has 9 nitrogen and oxygen atoms in total. The lowest BCUT2D eigenvalue weighted by molar-refractivity contribution is -0.119. The Bertz CT molecular complexity index is 1110. The van der Waals surface area contributed by atoms with E-state index in [0.717, 1.165) is 4.68 Å². The Morgan fingerprint density at radius 3 is 2.67 bits per heavy atom. The van der Waals surface area contributed by atoms with Gasteiger partial charge in [0.25, 0.3) is 0 Å². The second kappa shape index (κ2) is 8.76. The number of nitrogens with one attached hydrogen (secondary N) is 1. The van der Waals surface area contributed by atoms with Crippen LogP contribution in [0.1, 0.15) is 34.8 Å². The lowest BCUT2D eigenvalue weighted by Gasteiger charge is -2.15. The average molecular weight is 452 g/mol. The highest BCUT2D eigenvalue weighted by Crippen LogP contribution is 2.28. The van der Waals surface area contributed by atoms with E-state index in [1.165, 1.54) is 12.3 Å². The fraction of sp³-hybridized carbons (Fsp3) is 0.263. The molecule has 1 unspecified atom stereocenters. The number of hydrogen-bond donors (Lipinski definition) is 2. The number of carboxylic acid groups (broad SMARTS) is 1. The third kappa shape index (κ3) is 4.42. The summed E-state index contributed by atoms with van der Waals surface area (Å²) in [7, 11) is 0. The highest BCUT2D eigenvalue weighted by molar-refractivity contribution is 6.35. The first-order valence-corrected chi connectivity index (χ1v) is 9.64. The molecule has 0 fully saturated rings. The van der Waals surface area contributed by atoms with E-state index in [9.17, 15) is 14.7 Å². The number of aromatic carboxylic acids is 1. The summed E-state index contributed by atoms with van der Waals surface area (Å²) in [5.41, 5.74) is 1.69. The molecule has 0 aliphatic rings. The number of benzene rings is 1. The Kier molecular flexibility index (Phi) is 6.33. The summed E-state index contributed by atoms with van der Waals surface area (Å²) in [6.45, 7) is 5.16. The number of ether oxygens (including phenoxy) is 1. The predicted molar refractivity (Wildman–Crippen MR) is 111 cm³/mol. The molecule has 11 heteroatoms. The molecule has 0 bridgehead atoms. The average Bonchev–Trinajstić information content (AvgIpc) is 3.27. The van der Waals surface area contributed by atoms with Crippen LogP contribution >= 0.6 is 23.2 Å². The molecule has 2 heterocycles. The summed E-state index contributed by atoms with van der Waals surface area (Å²) in [5.74, 6) is -1.13. The molecule has 0 aliphatic heterocycles. The van der Waals surface area contributed by atoms with Crippen LogP contribution in [-0.4, -0.2) is 36.5 Å². The number of nitrogens with zero attached hydrogens (tertiary/aromatic N) is 4. The Morgan fingerprint density at radius 1 is 1.27 bits per heavy atom. The molecule has 3 rings (SSSR count). The minimum atomic E-state index is -1.16. The Balaban J connectivity index is 1.74. The first kappa shape index (κ1) is 21.7. The van der Waals surface area contributed by atoms with Gasteiger partial charge in [-0.1, -0.05) is 23.2 Å². The lowest BCUT2D eigenvalue weighted by atomic mass is 10.2. The number of carbonyl (C=O) groups excluding carboxylic acids is 1. The van der Waals surface area contributed by atoms with E-state index in [0.29, 0.717) is 32.9 Å². The van der Waals surface area contributed by atoms with Gasteiger partial charge in [0.05, 0.1) is 22.1 Å². The van der Waals surface area contributed by atoms with E-state index in [1.807, 2.05) is 0 Å². The molecule has 2 aromatic heterocycles. The van der Waals surface area contributed by atoms with Gasteiger partial charge >= 0.3 is 5.97 Å². The van der Waals surface area contributed by atoms with Crippen molar-refractivity contribution in [1.29, 1.82) is 0 Å². The van der Waals surface area contributed by atoms with Crippen molar-refractivity contribution in [2.75, 3.05) is 5.32 Å². The van der Waals surface area contributed by atoms with Gasteiger partial charge in [-0.05, 0) is 45.0 Å². The van der Waals surface area contributed by atoms with E-state index < -0.39 is 17.9 Å². The van der Waals surface area contributed by atoms with Gasteiger partial charge in [-0.3, -0.25) is 4.79 Å². The number of rotatable bonds is 7. The molecule has 3 aromatic rings. The van der Waals surface area contributed by atoms with E-state index in [-0.39, 0.29) is 12.4 Å². The van der Waals surface area contributed by atoms with E-state index in [1.54, 1.807) is 43.7 Å². The summed E-state index contributed by atoms with van der Waals surface area (Å²) in [6, 6.07) is 5.40. The van der Waals surface area contributed by atoms with E-state index in [2.05, 4.69) is 15.5 Å². The van der Waals surface area contributed by atoms with Gasteiger partial charge in [-0.25, -0.2) is 14.2 Å². The van der Waals surface area contributed by atoms with Crippen LogP contribution < -0.4 is 10.1 Å². The van der Waals surface area contributed by atoms with Crippen LogP contribution in [0, 0.1) is 13.8 Å². The molecule has 1 amide bonds. The first-order valence-electron chi connectivity index (χ1n) is 8.88. The molecule has 30 heavy (non-hydrogen) atoms. The van der Waals surface area contributed by atoms with Crippen LogP contribution in [0.15, 0.2) is 30.5 Å². The van der Waals surface area contributed by atoms with Gasteiger partial charge in [-0.15, -0.1) is 0 Å². The molecule has 0 radical (unpaired) electrons. The largest absolute Gasteiger partial charge is 0.477 e. The number of aryl methyl sites for hydroxylation is 1. The van der Waals surface area contributed by atoms with Crippen LogP contribution in [0.25, 0.3) is 0 Å². The Morgan fingerprint density at radius 2 is 2.00 bits per heavy atom. The second-order valence-corrected chi connectivity index (χ2v) is 7.37. The summed E-state index contributed by atoms with van der Waals surface area (Å²) in [4.78, 5) is 24.0. The number of carbonyl (C=O) groups is 2. The van der Waals surface area contributed by atoms with Crippen LogP contribution in [-0.2, 0) is 11.5 Å². The third-order valence-corrected chi connectivity index (χ3v) is 5.03. The standard InChI is InChI=1S/C19H19Cl2N5O4/c1-10-17(23-18(27)12(3)26-15(19(28)29)6-7-22-26)11(2)25(24-10)9-30-16-5-4-13(20)8-14(16)21/h4-8,12H,9H2,1-3H3,(H,23,27)(H,28,29). The highest BCUT2D eigenvalue weighted by atomic mass is 35.5. The summed E-state index contributed by atoms with van der Waals surface area (Å²) in [6.07, 6.45) is 1.33. The van der Waals surface area contributed by atoms with Crippen LogP contribution in [0.4, 0.5) is 5.69 Å². The maximum absolute atomic E-state index is 12.7. The van der Waals surface area contributed by atoms with Crippen LogP contribution in [0.5, 0.6) is 5.75 Å². The van der Waals surface area contributed by atoms with Gasteiger partial charge in [-0.2, -0.15) is 10.2 Å². The zero-order valence-corrected chi connectivity index (χ0v) is 17.9. The van der Waals surface area contributed by atoms with Crippen molar-refractivity contribution in [3.63, 3.8) is 0 Å². The molecule has 0 spiro atoms. The fourth-order valence-electron chi connectivity index (χ4n) is 2.86. The fourth-order valence-corrected chi connectivity index (χ4v) is 3.32. The first-order chi connectivity index (χ1) is 14.2. The van der Waals surface area contributed by atoms with Crippen LogP contribution in [0.3, 0.4) is 0 Å². The number of hydrogen-bond acceptors (Lipinski definition) is 5. The molecule has 158 valence electrons. The predicted octanol–water partition coefficient (Wildman–Crippen LogP) is 3.94. The number of anilines is 1. The quantitative estimate of drug-likeness (QED) is 0.562. The minimum absolute atomic E-state index is 0.0712. The summed E-state index contributed by atoms with van der Waals surface area (Å²) < 4.78 is 8.43. The lowest BCUT2D eigenvalue weighted by Crippen LogP contribution is -2.27. The number of aromatic nitrogens is 4. The molecule has 2 N–H and O–H groups in total. The molecular weight excluding hydrogens is 433 g/mol. The van der Waals surface area contributed by atoms with Crippen molar-refractivity contribution in [3.8, 4) is 5.75 Å². The highest BCUT2D eigenvalue weighted by Gasteiger charge is 2.23. The zero-order chi connectivity index (χ0) is 22.0. The molecule has 0 saturated heterocycles. The number of carboxylic acids is 1. The van der Waals surface area contributed by atoms with Gasteiger partial charge in [0, 0.05) is 11.2 Å². The van der Waals surface area contributed by atoms with Gasteiger partial charge in [0.2, 0.25) is 5.91 Å². The summed E-state index contributed by atoms with van der Waals surface area (Å²) in [5, 5.41) is 21.2. The second-order valence-electron chi connectivity index (χ2n) is 6.52.